The van der Waals surface area contributed by atoms with Crippen LogP contribution in [0.5, 0.6) is 0 Å². The molecular formula is C17H18N2O5S. The van der Waals surface area contributed by atoms with Crippen molar-refractivity contribution in [3.8, 4) is 0 Å². The van der Waals surface area contributed by atoms with Gasteiger partial charge in [0.05, 0.1) is 12.0 Å². The Morgan fingerprint density at radius 3 is 2.60 bits per heavy atom. The number of nitrogens with zero attached hydrogens (tertiary/aromatic N) is 2. The topological polar surface area (TPSA) is 83.8 Å². The molecule has 132 valence electrons. The number of sulfonamides is 1. The summed E-state index contributed by atoms with van der Waals surface area (Å²) in [6.07, 6.45) is 0.767. The third-order valence-electron chi connectivity index (χ3n) is 4.26. The van der Waals surface area contributed by atoms with Gasteiger partial charge in [-0.25, -0.2) is 8.42 Å². The first-order valence-corrected chi connectivity index (χ1v) is 9.04. The second kappa shape index (κ2) is 6.12. The van der Waals surface area contributed by atoms with Crippen molar-refractivity contribution in [2.75, 3.05) is 32.6 Å². The smallest absolute Gasteiger partial charge is 0.325 e. The van der Waals surface area contributed by atoms with E-state index >= 15 is 0 Å². The molecule has 2 aromatic carbocycles. The Morgan fingerprint density at radius 2 is 2.00 bits per heavy atom. The van der Waals surface area contributed by atoms with E-state index in [1.165, 1.54) is 19.2 Å². The first-order chi connectivity index (χ1) is 11.8. The number of rotatable bonds is 5. The second-order valence-electron chi connectivity index (χ2n) is 6.01. The van der Waals surface area contributed by atoms with Crippen LogP contribution in [0, 0.1) is 0 Å². The number of carbonyl (C=O) groups excluding carboxylic acids is 2. The number of methoxy groups -OCH3 is 1. The highest BCUT2D eigenvalue weighted by Crippen LogP contribution is 2.33. The van der Waals surface area contributed by atoms with Gasteiger partial charge >= 0.3 is 5.97 Å². The summed E-state index contributed by atoms with van der Waals surface area (Å²) in [6.45, 7) is 0.117. The summed E-state index contributed by atoms with van der Waals surface area (Å²) in [5, 5.41) is 1.32. The molecule has 8 heteroatoms. The fraction of sp³-hybridized carbons (Fsp3) is 0.294. The molecule has 1 heterocycles. The molecule has 0 amide bonds. The maximum absolute atomic E-state index is 12.6. The second-order valence-corrected chi connectivity index (χ2v) is 7.90. The van der Waals surface area contributed by atoms with E-state index in [2.05, 4.69) is 4.74 Å². The summed E-state index contributed by atoms with van der Waals surface area (Å²) in [5.41, 5.74) is 1.26. The number of hydrogen-bond donors (Lipinski definition) is 0. The van der Waals surface area contributed by atoms with Gasteiger partial charge in [-0.15, -0.1) is 0 Å². The number of hydrogen-bond acceptors (Lipinski definition) is 6. The van der Waals surface area contributed by atoms with Gasteiger partial charge in [0.2, 0.25) is 10.0 Å². The van der Waals surface area contributed by atoms with E-state index in [0.29, 0.717) is 16.3 Å². The third kappa shape index (κ3) is 2.87. The maximum atomic E-state index is 12.6. The summed E-state index contributed by atoms with van der Waals surface area (Å²) >= 11 is 0. The van der Waals surface area contributed by atoms with Crippen molar-refractivity contribution in [3.63, 3.8) is 0 Å². The molecule has 2 aromatic rings. The molecule has 0 aromatic heterocycles. The molecule has 0 radical (unpaired) electrons. The molecule has 1 fully saturated rings. The Hall–Kier alpha value is -2.45. The number of benzene rings is 2. The van der Waals surface area contributed by atoms with Gasteiger partial charge in [-0.05, 0) is 29.0 Å². The fourth-order valence-corrected chi connectivity index (χ4v) is 4.39. The lowest BCUT2D eigenvalue weighted by molar-refractivity contribution is -0.140. The van der Waals surface area contributed by atoms with Crippen molar-refractivity contribution in [1.82, 2.24) is 4.31 Å². The molecule has 2 atom stereocenters. The number of aldehydes is 1. The van der Waals surface area contributed by atoms with Crippen LogP contribution in [0.2, 0.25) is 0 Å². The number of anilines is 1. The van der Waals surface area contributed by atoms with E-state index in [0.717, 1.165) is 16.3 Å². The van der Waals surface area contributed by atoms with Crippen LogP contribution in [0.1, 0.15) is 10.4 Å². The summed E-state index contributed by atoms with van der Waals surface area (Å²) < 4.78 is 31.0. The zero-order valence-electron chi connectivity index (χ0n) is 14.1. The zero-order chi connectivity index (χ0) is 18.4. The Balaban J connectivity index is 2.04. The first-order valence-electron chi connectivity index (χ1n) is 7.60. The maximum Gasteiger partial charge on any atom is 0.325 e. The van der Waals surface area contributed by atoms with Crippen LogP contribution in [0.4, 0.5) is 5.69 Å². The van der Waals surface area contributed by atoms with Crippen LogP contribution < -0.4 is 4.90 Å². The zero-order valence-corrected chi connectivity index (χ0v) is 14.9. The Kier molecular flexibility index (Phi) is 4.26. The molecule has 2 unspecified atom stereocenters. The van der Waals surface area contributed by atoms with E-state index in [4.69, 9.17) is 0 Å². The van der Waals surface area contributed by atoms with Gasteiger partial charge in [-0.3, -0.25) is 9.59 Å². The van der Waals surface area contributed by atoms with Crippen molar-refractivity contribution >= 4 is 38.7 Å². The lowest BCUT2D eigenvalue weighted by Gasteiger charge is -2.17. The minimum absolute atomic E-state index is 0.0841. The van der Waals surface area contributed by atoms with Crippen molar-refractivity contribution in [3.05, 3.63) is 35.9 Å². The lowest BCUT2D eigenvalue weighted by Crippen LogP contribution is -2.20. The van der Waals surface area contributed by atoms with E-state index in [1.807, 2.05) is 19.0 Å². The van der Waals surface area contributed by atoms with Crippen molar-refractivity contribution in [2.24, 2.45) is 0 Å². The molecule has 0 bridgehead atoms. The average Bonchev–Trinajstić information content (AvgIpc) is 3.40. The molecule has 25 heavy (non-hydrogen) atoms. The highest BCUT2D eigenvalue weighted by atomic mass is 32.2. The molecule has 0 saturated carbocycles. The number of esters is 1. The largest absolute Gasteiger partial charge is 0.468 e. The molecular weight excluding hydrogens is 344 g/mol. The molecule has 0 aliphatic carbocycles. The van der Waals surface area contributed by atoms with Crippen LogP contribution in [0.25, 0.3) is 10.8 Å². The van der Waals surface area contributed by atoms with Crippen LogP contribution in [0.3, 0.4) is 0 Å². The average molecular weight is 362 g/mol. The monoisotopic (exact) mass is 362 g/mol. The van der Waals surface area contributed by atoms with E-state index in [9.17, 15) is 18.0 Å². The molecule has 0 N–H and O–H groups in total. The van der Waals surface area contributed by atoms with Crippen molar-refractivity contribution in [1.29, 1.82) is 0 Å². The lowest BCUT2D eigenvalue weighted by atomic mass is 10.0. The van der Waals surface area contributed by atoms with Gasteiger partial charge in [-0.2, -0.15) is 4.31 Å². The first kappa shape index (κ1) is 17.4. The van der Waals surface area contributed by atoms with Crippen LogP contribution in [-0.2, 0) is 19.6 Å². The minimum atomic E-state index is -3.77. The Labute approximate surface area is 145 Å². The standard InChI is InChI=1S/C17H18N2O5S/c1-18(2)15-7-4-11-8-12(5-6-13(11)14(15)10-20)25(22,23)19-9-16(19)17(21)24-3/h4-8,10,16H,9H2,1-3H3. The van der Waals surface area contributed by atoms with E-state index in [1.54, 1.807) is 18.2 Å². The summed E-state index contributed by atoms with van der Waals surface area (Å²) in [6, 6.07) is 7.39. The van der Waals surface area contributed by atoms with Crippen molar-refractivity contribution < 1.29 is 22.7 Å². The van der Waals surface area contributed by atoms with Gasteiger partial charge in [0.15, 0.2) is 6.29 Å². The van der Waals surface area contributed by atoms with Crippen LogP contribution in [0.15, 0.2) is 35.2 Å². The number of ether oxygens (including phenoxy) is 1. The molecule has 1 aliphatic heterocycles. The molecule has 1 saturated heterocycles. The number of fused-ring (bicyclic) bond motifs is 1. The van der Waals surface area contributed by atoms with E-state index in [-0.39, 0.29) is 11.4 Å². The predicted molar refractivity (Wildman–Crippen MR) is 93.4 cm³/mol. The minimum Gasteiger partial charge on any atom is -0.468 e. The van der Waals surface area contributed by atoms with Crippen LogP contribution in [-0.4, -0.2) is 58.8 Å². The molecule has 7 nitrogen and oxygen atoms in total. The SMILES string of the molecule is COC(=O)C1CN1S(=O)(=O)c1ccc2c(C=O)c(N(C)C)ccc2c1. The molecule has 3 rings (SSSR count). The van der Waals surface area contributed by atoms with Gasteiger partial charge in [0, 0.05) is 31.9 Å². The van der Waals surface area contributed by atoms with Gasteiger partial charge < -0.3 is 9.64 Å². The van der Waals surface area contributed by atoms with Gasteiger partial charge in [0.25, 0.3) is 0 Å². The summed E-state index contributed by atoms with van der Waals surface area (Å²) in [5.74, 6) is -0.566. The highest BCUT2D eigenvalue weighted by Gasteiger charge is 2.50. The summed E-state index contributed by atoms with van der Waals surface area (Å²) in [7, 11) is 1.12. The van der Waals surface area contributed by atoms with Crippen LogP contribution >= 0.6 is 0 Å². The predicted octanol–water partition coefficient (Wildman–Crippen LogP) is 1.26. The third-order valence-corrected chi connectivity index (χ3v) is 6.13. The number of carbonyl (C=O) groups is 2. The summed E-state index contributed by atoms with van der Waals surface area (Å²) in [4.78, 5) is 24.9. The fourth-order valence-electron chi connectivity index (χ4n) is 2.85. The quantitative estimate of drug-likeness (QED) is 0.452. The van der Waals surface area contributed by atoms with Gasteiger partial charge in [0.1, 0.15) is 6.04 Å². The highest BCUT2D eigenvalue weighted by molar-refractivity contribution is 7.89. The Bertz CT molecular complexity index is 968. The molecule has 0 spiro atoms. The van der Waals surface area contributed by atoms with Crippen molar-refractivity contribution in [2.45, 2.75) is 10.9 Å². The molecule has 1 aliphatic rings. The van der Waals surface area contributed by atoms with E-state index < -0.39 is 22.0 Å². The Morgan fingerprint density at radius 1 is 1.28 bits per heavy atom. The normalized spacial score (nSPS) is 19.5. The van der Waals surface area contributed by atoms with Gasteiger partial charge in [-0.1, -0.05) is 12.1 Å².